The Morgan fingerprint density at radius 2 is 1.91 bits per heavy atom. The van der Waals surface area contributed by atoms with E-state index in [0.717, 1.165) is 11.1 Å². The highest BCUT2D eigenvalue weighted by atomic mass is 16.5. The molecule has 0 atom stereocenters. The summed E-state index contributed by atoms with van der Waals surface area (Å²) in [5, 5.41) is 9.03. The van der Waals surface area contributed by atoms with Crippen molar-refractivity contribution in [2.24, 2.45) is 0 Å². The lowest BCUT2D eigenvalue weighted by atomic mass is 10.1. The number of amides is 1. The van der Waals surface area contributed by atoms with E-state index in [2.05, 4.69) is 0 Å². The predicted molar refractivity (Wildman–Crippen MR) is 83.4 cm³/mol. The van der Waals surface area contributed by atoms with Crippen molar-refractivity contribution in [1.82, 2.24) is 4.90 Å². The molecule has 0 spiro atoms. The quantitative estimate of drug-likeness (QED) is 0.846. The number of hydrogen-bond acceptors (Lipinski definition) is 3. The van der Waals surface area contributed by atoms with Gasteiger partial charge in [-0.3, -0.25) is 9.59 Å². The topological polar surface area (TPSA) is 66.8 Å². The molecule has 0 bridgehead atoms. The summed E-state index contributed by atoms with van der Waals surface area (Å²) in [6.07, 6.45) is 4.52. The Morgan fingerprint density at radius 1 is 1.27 bits per heavy atom. The van der Waals surface area contributed by atoms with Gasteiger partial charge in [0.15, 0.2) is 0 Å². The Balaban J connectivity index is 2.07. The zero-order chi connectivity index (χ0) is 15.9. The minimum atomic E-state index is -0.997. The molecule has 1 aromatic rings. The number of aliphatic carboxylic acids is 1. The first-order chi connectivity index (χ1) is 10.6. The van der Waals surface area contributed by atoms with Crippen LogP contribution >= 0.6 is 0 Å². The van der Waals surface area contributed by atoms with Crippen LogP contribution in [0.15, 0.2) is 30.3 Å². The van der Waals surface area contributed by atoms with Crippen LogP contribution < -0.4 is 0 Å². The van der Waals surface area contributed by atoms with E-state index in [1.165, 1.54) is 11.0 Å². The second kappa shape index (κ2) is 7.75. The molecular weight excluding hydrogens is 282 g/mol. The van der Waals surface area contributed by atoms with Gasteiger partial charge >= 0.3 is 5.97 Å². The van der Waals surface area contributed by atoms with E-state index in [4.69, 9.17) is 9.84 Å². The van der Waals surface area contributed by atoms with Gasteiger partial charge in [0.1, 0.15) is 6.54 Å². The van der Waals surface area contributed by atoms with E-state index in [9.17, 15) is 9.59 Å². The minimum absolute atomic E-state index is 0.0694. The van der Waals surface area contributed by atoms with E-state index < -0.39 is 5.97 Å². The van der Waals surface area contributed by atoms with Crippen LogP contribution in [0.3, 0.4) is 0 Å². The first kappa shape index (κ1) is 16.2. The molecule has 1 fully saturated rings. The third-order valence-corrected chi connectivity index (χ3v) is 3.72. The molecule has 1 aromatic carbocycles. The summed E-state index contributed by atoms with van der Waals surface area (Å²) < 4.78 is 5.27. The van der Waals surface area contributed by atoms with Crippen molar-refractivity contribution in [1.29, 1.82) is 0 Å². The van der Waals surface area contributed by atoms with E-state index in [1.807, 2.05) is 31.2 Å². The van der Waals surface area contributed by atoms with Gasteiger partial charge < -0.3 is 14.7 Å². The van der Waals surface area contributed by atoms with Gasteiger partial charge in [-0.2, -0.15) is 0 Å². The number of aryl methyl sites for hydroxylation is 1. The fraction of sp³-hybridized carbons (Fsp3) is 0.412. The monoisotopic (exact) mass is 303 g/mol. The first-order valence-corrected chi connectivity index (χ1v) is 7.41. The Morgan fingerprint density at radius 3 is 2.50 bits per heavy atom. The number of nitrogens with zero attached hydrogens (tertiary/aromatic N) is 1. The second-order valence-corrected chi connectivity index (χ2v) is 5.45. The van der Waals surface area contributed by atoms with Gasteiger partial charge in [0.25, 0.3) is 0 Å². The summed E-state index contributed by atoms with van der Waals surface area (Å²) in [4.78, 5) is 24.8. The van der Waals surface area contributed by atoms with Crippen LogP contribution in [0.1, 0.15) is 24.0 Å². The average molecular weight is 303 g/mol. The molecule has 118 valence electrons. The number of rotatable bonds is 5. The molecule has 0 radical (unpaired) electrons. The smallest absolute Gasteiger partial charge is 0.323 e. The van der Waals surface area contributed by atoms with E-state index in [-0.39, 0.29) is 18.5 Å². The molecule has 1 N–H and O–H groups in total. The van der Waals surface area contributed by atoms with Crippen molar-refractivity contribution in [2.45, 2.75) is 25.8 Å². The highest BCUT2D eigenvalue weighted by Crippen LogP contribution is 2.15. The largest absolute Gasteiger partial charge is 0.480 e. The van der Waals surface area contributed by atoms with E-state index in [1.54, 1.807) is 6.08 Å². The summed E-state index contributed by atoms with van der Waals surface area (Å²) in [6, 6.07) is 7.72. The van der Waals surface area contributed by atoms with Crippen LogP contribution in [0.2, 0.25) is 0 Å². The van der Waals surface area contributed by atoms with Crippen LogP contribution in [0.25, 0.3) is 6.08 Å². The maximum absolute atomic E-state index is 12.4. The van der Waals surface area contributed by atoms with Crippen LogP contribution in [0.5, 0.6) is 0 Å². The molecule has 0 saturated carbocycles. The highest BCUT2D eigenvalue weighted by Gasteiger charge is 2.26. The number of hydrogen-bond donors (Lipinski definition) is 1. The predicted octanol–water partition coefficient (Wildman–Crippen LogP) is 2.10. The number of carboxylic acid groups (broad SMARTS) is 1. The summed E-state index contributed by atoms with van der Waals surface area (Å²) in [6.45, 7) is 2.85. The Kier molecular flexibility index (Phi) is 5.72. The third kappa shape index (κ3) is 4.70. The zero-order valence-electron chi connectivity index (χ0n) is 12.7. The Bertz CT molecular complexity index is 544. The Labute approximate surface area is 130 Å². The second-order valence-electron chi connectivity index (χ2n) is 5.45. The molecule has 0 unspecified atom stereocenters. The molecule has 1 saturated heterocycles. The van der Waals surface area contributed by atoms with Gasteiger partial charge in [-0.1, -0.05) is 29.8 Å². The molecule has 1 heterocycles. The molecular formula is C17H21NO4. The van der Waals surface area contributed by atoms with E-state index in [0.29, 0.717) is 26.1 Å². The van der Waals surface area contributed by atoms with Crippen molar-refractivity contribution in [2.75, 3.05) is 19.8 Å². The van der Waals surface area contributed by atoms with Crippen molar-refractivity contribution in [3.05, 3.63) is 41.5 Å². The van der Waals surface area contributed by atoms with Gasteiger partial charge in [-0.15, -0.1) is 0 Å². The van der Waals surface area contributed by atoms with Gasteiger partial charge in [0.05, 0.1) is 0 Å². The number of carboxylic acids is 1. The van der Waals surface area contributed by atoms with Gasteiger partial charge in [0, 0.05) is 25.3 Å². The summed E-state index contributed by atoms with van der Waals surface area (Å²) in [7, 11) is 0. The van der Waals surface area contributed by atoms with Crippen LogP contribution in [0, 0.1) is 6.92 Å². The summed E-state index contributed by atoms with van der Waals surface area (Å²) >= 11 is 0. The number of carbonyl (C=O) groups is 2. The minimum Gasteiger partial charge on any atom is -0.480 e. The lowest BCUT2D eigenvalue weighted by molar-refractivity contribution is -0.145. The Hall–Kier alpha value is -2.14. The van der Waals surface area contributed by atoms with Gasteiger partial charge in [-0.25, -0.2) is 0 Å². The molecule has 22 heavy (non-hydrogen) atoms. The van der Waals surface area contributed by atoms with Crippen molar-refractivity contribution in [3.8, 4) is 0 Å². The molecule has 1 amide bonds. The SMILES string of the molecule is Cc1ccc(/C=C\C(=O)N(CC(=O)O)C2CCOCC2)cc1. The molecule has 1 aliphatic rings. The number of carbonyl (C=O) groups excluding carboxylic acids is 1. The molecule has 1 aliphatic heterocycles. The van der Waals surface area contributed by atoms with Crippen molar-refractivity contribution in [3.63, 3.8) is 0 Å². The number of ether oxygens (including phenoxy) is 1. The first-order valence-electron chi connectivity index (χ1n) is 7.41. The standard InChI is InChI=1S/C17H21NO4/c1-13-2-4-14(5-3-13)6-7-16(19)18(12-17(20)21)15-8-10-22-11-9-15/h2-7,15H,8-12H2,1H3,(H,20,21)/b7-6-. The summed E-state index contributed by atoms with van der Waals surface area (Å²) in [5.41, 5.74) is 2.07. The zero-order valence-corrected chi connectivity index (χ0v) is 12.7. The molecule has 5 heteroatoms. The van der Waals surface area contributed by atoms with Gasteiger partial charge in [-0.05, 0) is 31.4 Å². The van der Waals surface area contributed by atoms with Crippen molar-refractivity contribution >= 4 is 18.0 Å². The maximum atomic E-state index is 12.4. The molecule has 0 aliphatic carbocycles. The fourth-order valence-corrected chi connectivity index (χ4v) is 2.47. The van der Waals surface area contributed by atoms with Crippen LogP contribution in [-0.4, -0.2) is 47.7 Å². The fourth-order valence-electron chi connectivity index (χ4n) is 2.47. The number of benzene rings is 1. The van der Waals surface area contributed by atoms with E-state index >= 15 is 0 Å². The molecule has 5 nitrogen and oxygen atoms in total. The normalized spacial score (nSPS) is 15.9. The van der Waals surface area contributed by atoms with Crippen LogP contribution in [0.4, 0.5) is 0 Å². The summed E-state index contributed by atoms with van der Waals surface area (Å²) in [5.74, 6) is -1.27. The maximum Gasteiger partial charge on any atom is 0.323 e. The van der Waals surface area contributed by atoms with Gasteiger partial charge in [0.2, 0.25) is 5.91 Å². The molecule has 2 rings (SSSR count). The highest BCUT2D eigenvalue weighted by molar-refractivity contribution is 5.93. The third-order valence-electron chi connectivity index (χ3n) is 3.72. The van der Waals surface area contributed by atoms with Crippen molar-refractivity contribution < 1.29 is 19.4 Å². The lowest BCUT2D eigenvalue weighted by Gasteiger charge is -2.32. The van der Waals surface area contributed by atoms with Crippen LogP contribution in [-0.2, 0) is 14.3 Å². The lowest BCUT2D eigenvalue weighted by Crippen LogP contribution is -2.45. The molecule has 0 aromatic heterocycles. The average Bonchev–Trinajstić information content (AvgIpc) is 2.52.